The largest absolute Gasteiger partial charge is 0.0930 e. The fraction of sp³-hybridized carbons (Fsp3) is 0.333. The van der Waals surface area contributed by atoms with Crippen LogP contribution in [-0.2, 0) is 0 Å². The van der Waals surface area contributed by atoms with Gasteiger partial charge in [0, 0.05) is 11.5 Å². The summed E-state index contributed by atoms with van der Waals surface area (Å²) in [5.74, 6) is 0.456. The fourth-order valence-electron chi connectivity index (χ4n) is 5.90. The summed E-state index contributed by atoms with van der Waals surface area (Å²) in [7, 11) is -1.82. The van der Waals surface area contributed by atoms with Gasteiger partial charge in [0.05, 0.1) is 8.07 Å². The summed E-state index contributed by atoms with van der Waals surface area (Å²) in [6.45, 7) is 17.0. The summed E-state index contributed by atoms with van der Waals surface area (Å²) < 4.78 is 0. The maximum Gasteiger partial charge on any atom is 0.0930 e. The average Bonchev–Trinajstić information content (AvgIpc) is 3.10. The molecule has 0 heterocycles. The number of fused-ring (bicyclic) bond motifs is 1. The van der Waals surface area contributed by atoms with Crippen molar-refractivity contribution in [1.29, 1.82) is 0 Å². The van der Waals surface area contributed by atoms with E-state index in [1.165, 1.54) is 27.8 Å². The van der Waals surface area contributed by atoms with Gasteiger partial charge < -0.3 is 0 Å². The summed E-state index contributed by atoms with van der Waals surface area (Å²) in [5.41, 5.74) is 12.8. The molecular formula is C27H32Si. The maximum atomic E-state index is 2.60. The Morgan fingerprint density at radius 1 is 0.714 bits per heavy atom. The zero-order valence-corrected chi connectivity index (χ0v) is 19.4. The normalized spacial score (nSPS) is 20.5. The van der Waals surface area contributed by atoms with Crippen molar-refractivity contribution in [2.75, 3.05) is 0 Å². The number of benzene rings is 2. The van der Waals surface area contributed by atoms with Crippen LogP contribution in [0.2, 0.25) is 18.6 Å². The van der Waals surface area contributed by atoms with Crippen LogP contribution < -0.4 is 0 Å². The van der Waals surface area contributed by atoms with Crippen LogP contribution in [0.3, 0.4) is 0 Å². The third kappa shape index (κ3) is 2.63. The van der Waals surface area contributed by atoms with Crippen LogP contribution in [0.4, 0.5) is 0 Å². The van der Waals surface area contributed by atoms with E-state index in [0.29, 0.717) is 11.5 Å². The molecule has 0 amide bonds. The zero-order valence-electron chi connectivity index (χ0n) is 18.4. The molecule has 1 unspecified atom stereocenters. The molecular weight excluding hydrogens is 352 g/mol. The van der Waals surface area contributed by atoms with E-state index in [2.05, 4.69) is 102 Å². The zero-order chi connectivity index (χ0) is 20.2. The molecule has 2 aromatic rings. The molecule has 4 rings (SSSR count). The first-order valence-corrected chi connectivity index (χ1v) is 13.6. The minimum Gasteiger partial charge on any atom is -0.0653 e. The van der Waals surface area contributed by atoms with E-state index < -0.39 is 8.07 Å². The number of allylic oxidation sites excluding steroid dienone is 5. The molecule has 2 aliphatic carbocycles. The molecule has 0 radical (unpaired) electrons. The van der Waals surface area contributed by atoms with E-state index in [1.54, 1.807) is 21.9 Å². The molecule has 1 heteroatoms. The molecule has 0 nitrogen and oxygen atoms in total. The van der Waals surface area contributed by atoms with Crippen molar-refractivity contribution >= 4 is 18.8 Å². The average molecular weight is 385 g/mol. The lowest BCUT2D eigenvalue weighted by atomic mass is 9.93. The maximum absolute atomic E-state index is 2.60. The Labute approximate surface area is 171 Å². The van der Waals surface area contributed by atoms with Gasteiger partial charge in [-0.15, -0.1) is 0 Å². The molecule has 0 bridgehead atoms. The van der Waals surface area contributed by atoms with Gasteiger partial charge in [-0.05, 0) is 66.3 Å². The molecule has 0 N–H and O–H groups in total. The van der Waals surface area contributed by atoms with Crippen molar-refractivity contribution in [2.24, 2.45) is 0 Å². The first-order valence-electron chi connectivity index (χ1n) is 10.5. The number of rotatable bonds is 3. The number of hydrogen-bond donors (Lipinski definition) is 0. The summed E-state index contributed by atoms with van der Waals surface area (Å²) in [5, 5.41) is 1.67. The molecule has 0 saturated carbocycles. The highest BCUT2D eigenvalue weighted by Gasteiger charge is 2.46. The highest BCUT2D eigenvalue weighted by molar-refractivity contribution is 6.98. The van der Waals surface area contributed by atoms with Crippen LogP contribution in [0.1, 0.15) is 57.2 Å². The molecule has 28 heavy (non-hydrogen) atoms. The predicted octanol–water partition coefficient (Wildman–Crippen LogP) is 8.02. The Kier molecular flexibility index (Phi) is 4.62. The third-order valence-electron chi connectivity index (χ3n) is 7.46. The van der Waals surface area contributed by atoms with E-state index in [-0.39, 0.29) is 0 Å². The van der Waals surface area contributed by atoms with E-state index in [4.69, 9.17) is 0 Å². The van der Waals surface area contributed by atoms with Gasteiger partial charge in [-0.25, -0.2) is 0 Å². The van der Waals surface area contributed by atoms with Gasteiger partial charge in [0.15, 0.2) is 0 Å². The van der Waals surface area contributed by atoms with Crippen LogP contribution in [0.25, 0.3) is 10.8 Å². The molecule has 0 aromatic heterocycles. The Hall–Kier alpha value is -2.12. The Morgan fingerprint density at radius 3 is 1.86 bits per heavy atom. The van der Waals surface area contributed by atoms with E-state index in [9.17, 15) is 0 Å². The van der Waals surface area contributed by atoms with Crippen LogP contribution in [0.5, 0.6) is 0 Å². The van der Waals surface area contributed by atoms with E-state index in [1.807, 2.05) is 0 Å². The van der Waals surface area contributed by atoms with Crippen LogP contribution in [0, 0.1) is 0 Å². The molecule has 0 aliphatic heterocycles. The van der Waals surface area contributed by atoms with Gasteiger partial charge in [0.2, 0.25) is 0 Å². The van der Waals surface area contributed by atoms with Crippen molar-refractivity contribution in [3.05, 3.63) is 93.6 Å². The van der Waals surface area contributed by atoms with Crippen molar-refractivity contribution in [2.45, 2.75) is 59.2 Å². The van der Waals surface area contributed by atoms with Crippen LogP contribution in [-0.4, -0.2) is 8.07 Å². The summed E-state index contributed by atoms with van der Waals surface area (Å²) in [6.07, 6.45) is 0. The van der Waals surface area contributed by atoms with Crippen molar-refractivity contribution in [1.82, 2.24) is 0 Å². The molecule has 0 fully saturated rings. The lowest BCUT2D eigenvalue weighted by molar-refractivity contribution is 1.01. The van der Waals surface area contributed by atoms with Gasteiger partial charge >= 0.3 is 0 Å². The molecule has 1 atom stereocenters. The van der Waals surface area contributed by atoms with Crippen LogP contribution in [0.15, 0.2) is 76.9 Å². The Balaban J connectivity index is 2.00. The summed E-state index contributed by atoms with van der Waals surface area (Å²) in [6, 6.07) is 20.3. The topological polar surface area (TPSA) is 0 Å². The van der Waals surface area contributed by atoms with Crippen molar-refractivity contribution in [3.63, 3.8) is 0 Å². The predicted molar refractivity (Wildman–Crippen MR) is 126 cm³/mol. The van der Waals surface area contributed by atoms with Gasteiger partial charge in [0.25, 0.3) is 0 Å². The lowest BCUT2D eigenvalue weighted by Crippen LogP contribution is -2.35. The van der Waals surface area contributed by atoms with Gasteiger partial charge in [-0.3, -0.25) is 0 Å². The minimum absolute atomic E-state index is 0.456. The molecule has 2 aliphatic rings. The number of hydrogen-bond acceptors (Lipinski definition) is 0. The molecule has 144 valence electrons. The third-order valence-corrected chi connectivity index (χ3v) is 11.6. The minimum atomic E-state index is -1.82. The SMILES string of the molecule is CC1=C(C)C([Si](C)(C)C2=C(c3ccccc3)C(C)c3ccccc32)C(C)=C1C. The monoisotopic (exact) mass is 384 g/mol. The van der Waals surface area contributed by atoms with Crippen LogP contribution >= 0.6 is 0 Å². The highest BCUT2D eigenvalue weighted by atomic mass is 28.3. The van der Waals surface area contributed by atoms with Gasteiger partial charge in [-0.1, -0.05) is 85.8 Å². The second kappa shape index (κ2) is 6.74. The second-order valence-electron chi connectivity index (χ2n) is 9.23. The molecule has 0 spiro atoms. The van der Waals surface area contributed by atoms with Gasteiger partial charge in [-0.2, -0.15) is 0 Å². The van der Waals surface area contributed by atoms with Crippen molar-refractivity contribution < 1.29 is 0 Å². The van der Waals surface area contributed by atoms with Gasteiger partial charge in [0.1, 0.15) is 0 Å². The molecule has 2 aromatic carbocycles. The second-order valence-corrected chi connectivity index (χ2v) is 13.8. The lowest BCUT2D eigenvalue weighted by Gasteiger charge is -2.36. The van der Waals surface area contributed by atoms with Crippen molar-refractivity contribution in [3.8, 4) is 0 Å². The van der Waals surface area contributed by atoms with E-state index >= 15 is 0 Å². The first kappa shape index (κ1) is 19.2. The highest BCUT2D eigenvalue weighted by Crippen LogP contribution is 2.57. The fourth-order valence-corrected chi connectivity index (χ4v) is 10.8. The Bertz CT molecular complexity index is 1010. The first-order chi connectivity index (χ1) is 13.3. The summed E-state index contributed by atoms with van der Waals surface area (Å²) in [4.78, 5) is 0. The van der Waals surface area contributed by atoms with E-state index in [0.717, 1.165) is 0 Å². The Morgan fingerprint density at radius 2 is 1.25 bits per heavy atom. The smallest absolute Gasteiger partial charge is 0.0653 e. The quantitative estimate of drug-likeness (QED) is 0.470. The standard InChI is InChI=1S/C27H32Si/c1-17-18(2)20(4)26(19(17)3)28(6,7)27-24-16-12-11-15-23(24)21(5)25(27)22-13-9-8-10-14-22/h8-16,21,26H,1-7H3. The summed E-state index contributed by atoms with van der Waals surface area (Å²) >= 11 is 0. The molecule has 0 saturated heterocycles.